The number of nitrogens with one attached hydrogen (secondary N) is 2. The first-order valence-electron chi connectivity index (χ1n) is 7.14. The van der Waals surface area contributed by atoms with Gasteiger partial charge in [-0.3, -0.25) is 0 Å². The Labute approximate surface area is 124 Å². The van der Waals surface area contributed by atoms with Gasteiger partial charge in [0, 0.05) is 25.3 Å². The van der Waals surface area contributed by atoms with Gasteiger partial charge < -0.3 is 19.9 Å². The Kier molecular flexibility index (Phi) is 5.96. The van der Waals surface area contributed by atoms with Crippen LogP contribution in [0.25, 0.3) is 0 Å². The zero-order valence-electron chi connectivity index (χ0n) is 12.4. The van der Waals surface area contributed by atoms with E-state index in [9.17, 15) is 0 Å². The van der Waals surface area contributed by atoms with Crippen molar-refractivity contribution in [3.05, 3.63) is 29.9 Å². The summed E-state index contributed by atoms with van der Waals surface area (Å²) in [5, 5.41) is 10.1. The van der Waals surface area contributed by atoms with E-state index < -0.39 is 0 Å². The molecule has 0 bridgehead atoms. The summed E-state index contributed by atoms with van der Waals surface area (Å²) >= 11 is 0. The third-order valence-corrected chi connectivity index (χ3v) is 2.70. The minimum Gasteiger partial charge on any atom is -0.374 e. The molecule has 0 saturated heterocycles. The van der Waals surface area contributed by atoms with Crippen molar-refractivity contribution in [1.29, 1.82) is 0 Å². The van der Waals surface area contributed by atoms with Crippen molar-refractivity contribution in [2.24, 2.45) is 0 Å². The molecule has 0 aliphatic rings. The van der Waals surface area contributed by atoms with Crippen molar-refractivity contribution in [1.82, 2.24) is 15.1 Å². The van der Waals surface area contributed by atoms with Crippen LogP contribution in [-0.2, 0) is 17.9 Å². The van der Waals surface area contributed by atoms with Gasteiger partial charge in [-0.05, 0) is 13.3 Å². The number of hydrogen-bond donors (Lipinski definition) is 2. The Bertz CT molecular complexity index is 504. The highest BCUT2D eigenvalue weighted by atomic mass is 16.5. The summed E-state index contributed by atoms with van der Waals surface area (Å²) in [6.07, 6.45) is 2.65. The Morgan fingerprint density at radius 2 is 2.00 bits per heavy atom. The molecular weight excluding hydrogens is 270 g/mol. The summed E-state index contributed by atoms with van der Waals surface area (Å²) in [6, 6.07) is 3.69. The number of aromatic nitrogens is 3. The van der Waals surface area contributed by atoms with E-state index >= 15 is 0 Å². The molecule has 0 aromatic carbocycles. The van der Waals surface area contributed by atoms with E-state index in [2.05, 4.69) is 32.7 Å². The fourth-order valence-corrected chi connectivity index (χ4v) is 1.70. The predicted molar refractivity (Wildman–Crippen MR) is 80.0 cm³/mol. The molecule has 21 heavy (non-hydrogen) atoms. The number of rotatable bonds is 9. The van der Waals surface area contributed by atoms with Crippen molar-refractivity contribution >= 4 is 11.6 Å². The summed E-state index contributed by atoms with van der Waals surface area (Å²) in [7, 11) is 0. The predicted octanol–water partition coefficient (Wildman–Crippen LogP) is 2.44. The van der Waals surface area contributed by atoms with E-state index in [-0.39, 0.29) is 0 Å². The number of nitrogens with zero attached hydrogens (tertiary/aromatic N) is 3. The van der Waals surface area contributed by atoms with Gasteiger partial charge in [-0.2, -0.15) is 0 Å². The zero-order chi connectivity index (χ0) is 14.9. The molecule has 0 fully saturated rings. The molecule has 2 aromatic rings. The molecule has 0 saturated carbocycles. The summed E-state index contributed by atoms with van der Waals surface area (Å²) in [4.78, 5) is 8.86. The molecule has 0 amide bonds. The van der Waals surface area contributed by atoms with Gasteiger partial charge in [-0.1, -0.05) is 12.1 Å². The highest BCUT2D eigenvalue weighted by Crippen LogP contribution is 2.13. The maximum absolute atomic E-state index is 5.38. The molecule has 2 heterocycles. The molecule has 2 rings (SSSR count). The zero-order valence-corrected chi connectivity index (χ0v) is 12.4. The van der Waals surface area contributed by atoms with Crippen LogP contribution in [0.3, 0.4) is 0 Å². The van der Waals surface area contributed by atoms with Gasteiger partial charge in [-0.15, -0.1) is 0 Å². The quantitative estimate of drug-likeness (QED) is 0.734. The largest absolute Gasteiger partial charge is 0.374 e. The van der Waals surface area contributed by atoms with Crippen molar-refractivity contribution in [3.8, 4) is 0 Å². The molecule has 0 aliphatic carbocycles. The Hall–Kier alpha value is -2.15. The highest BCUT2D eigenvalue weighted by molar-refractivity contribution is 5.47. The van der Waals surface area contributed by atoms with E-state index in [0.717, 1.165) is 30.4 Å². The summed E-state index contributed by atoms with van der Waals surface area (Å²) in [5.74, 6) is 2.93. The molecule has 7 heteroatoms. The lowest BCUT2D eigenvalue weighted by Crippen LogP contribution is -2.09. The number of anilines is 2. The molecule has 0 unspecified atom stereocenters. The van der Waals surface area contributed by atoms with Crippen molar-refractivity contribution < 1.29 is 9.26 Å². The monoisotopic (exact) mass is 291 g/mol. The molecule has 0 radical (unpaired) electrons. The van der Waals surface area contributed by atoms with Gasteiger partial charge in [0.1, 0.15) is 18.2 Å². The van der Waals surface area contributed by atoms with Crippen LogP contribution in [0, 0.1) is 0 Å². The van der Waals surface area contributed by atoms with Crippen molar-refractivity contribution in [2.75, 3.05) is 23.8 Å². The minimum absolute atomic E-state index is 0.398. The third-order valence-electron chi connectivity index (χ3n) is 2.70. The van der Waals surface area contributed by atoms with Crippen molar-refractivity contribution in [2.45, 2.75) is 33.4 Å². The molecule has 2 aromatic heterocycles. The molecular formula is C14H21N5O2. The van der Waals surface area contributed by atoms with Crippen molar-refractivity contribution in [3.63, 3.8) is 0 Å². The average molecular weight is 291 g/mol. The van der Waals surface area contributed by atoms with Gasteiger partial charge in [-0.25, -0.2) is 9.97 Å². The maximum Gasteiger partial charge on any atom is 0.158 e. The second-order valence-corrected chi connectivity index (χ2v) is 4.45. The Morgan fingerprint density at radius 3 is 2.67 bits per heavy atom. The fourth-order valence-electron chi connectivity index (χ4n) is 1.70. The second-order valence-electron chi connectivity index (χ2n) is 4.45. The van der Waals surface area contributed by atoms with Gasteiger partial charge >= 0.3 is 0 Å². The van der Waals surface area contributed by atoms with E-state index in [1.165, 1.54) is 0 Å². The number of hydrogen-bond acceptors (Lipinski definition) is 7. The maximum atomic E-state index is 5.38. The van der Waals surface area contributed by atoms with Crippen LogP contribution in [-0.4, -0.2) is 28.3 Å². The number of ether oxygens (including phenoxy) is 1. The lowest BCUT2D eigenvalue weighted by Gasteiger charge is -2.10. The van der Waals surface area contributed by atoms with Crippen LogP contribution >= 0.6 is 0 Å². The van der Waals surface area contributed by atoms with Gasteiger partial charge in [0.05, 0.1) is 12.7 Å². The van der Waals surface area contributed by atoms with E-state index in [1.807, 2.05) is 19.1 Å². The van der Waals surface area contributed by atoms with Crippen LogP contribution in [0.2, 0.25) is 0 Å². The van der Waals surface area contributed by atoms with E-state index in [0.29, 0.717) is 25.6 Å². The normalized spacial score (nSPS) is 10.6. The molecule has 0 aliphatic heterocycles. The van der Waals surface area contributed by atoms with E-state index in [1.54, 1.807) is 6.20 Å². The molecule has 0 atom stereocenters. The SMILES string of the molecule is CCCNc1cc(NCc2ccno2)nc(COCC)n1. The van der Waals surface area contributed by atoms with Crippen LogP contribution in [0.4, 0.5) is 11.6 Å². The van der Waals surface area contributed by atoms with Gasteiger partial charge in [0.2, 0.25) is 0 Å². The topological polar surface area (TPSA) is 85.1 Å². The molecule has 7 nitrogen and oxygen atoms in total. The Morgan fingerprint density at radius 1 is 1.19 bits per heavy atom. The lowest BCUT2D eigenvalue weighted by molar-refractivity contribution is 0.128. The van der Waals surface area contributed by atoms with Gasteiger partial charge in [0.25, 0.3) is 0 Å². The average Bonchev–Trinajstić information content (AvgIpc) is 3.02. The van der Waals surface area contributed by atoms with Crippen LogP contribution in [0.5, 0.6) is 0 Å². The third kappa shape index (κ3) is 5.03. The molecule has 2 N–H and O–H groups in total. The first kappa shape index (κ1) is 15.2. The summed E-state index contributed by atoms with van der Waals surface area (Å²) < 4.78 is 10.4. The van der Waals surface area contributed by atoms with Crippen LogP contribution in [0.15, 0.2) is 22.9 Å². The molecule has 114 valence electrons. The second kappa shape index (κ2) is 8.21. The molecule has 0 spiro atoms. The van der Waals surface area contributed by atoms with E-state index in [4.69, 9.17) is 9.26 Å². The first-order chi connectivity index (χ1) is 10.3. The lowest BCUT2D eigenvalue weighted by atomic mass is 10.4. The fraction of sp³-hybridized carbons (Fsp3) is 0.500. The highest BCUT2D eigenvalue weighted by Gasteiger charge is 2.06. The smallest absolute Gasteiger partial charge is 0.158 e. The first-order valence-corrected chi connectivity index (χ1v) is 7.14. The summed E-state index contributed by atoms with van der Waals surface area (Å²) in [5.41, 5.74) is 0. The minimum atomic E-state index is 0.398. The standard InChI is InChI=1S/C14H21N5O2/c1-3-6-15-12-8-13(16-9-11-5-7-17-21-11)19-14(18-12)10-20-4-2/h5,7-8H,3-4,6,9-10H2,1-2H3,(H2,15,16,18,19). The summed E-state index contributed by atoms with van der Waals surface area (Å²) in [6.45, 7) is 6.48. The van der Waals surface area contributed by atoms with Crippen LogP contribution < -0.4 is 10.6 Å². The Balaban J connectivity index is 2.05. The van der Waals surface area contributed by atoms with Gasteiger partial charge in [0.15, 0.2) is 11.6 Å². The van der Waals surface area contributed by atoms with Crippen LogP contribution in [0.1, 0.15) is 31.9 Å².